The maximum absolute atomic E-state index is 9.66. The molecular weight excluding hydrogens is 303 g/mol. The molecule has 0 aromatic heterocycles. The molecule has 2 aromatic rings. The van der Waals surface area contributed by atoms with Crippen LogP contribution in [0.5, 0.6) is 11.5 Å². The molecule has 2 nitrogen and oxygen atoms in total. The van der Waals surface area contributed by atoms with E-state index in [0.717, 1.165) is 14.7 Å². The lowest BCUT2D eigenvalue weighted by molar-refractivity contribution is 0.471. The third kappa shape index (κ3) is 2.07. The van der Waals surface area contributed by atoms with E-state index in [1.165, 1.54) is 0 Å². The molecule has 2 aromatic carbocycles. The second-order valence-electron chi connectivity index (χ2n) is 3.18. The number of hydrogen-bond acceptors (Lipinski definition) is 2. The standard InChI is InChI=1S/C12H9IO2/c13-10-7-8(5-6-12(10)15)9-3-1-2-4-11(9)14/h1-7,14-15H. The topological polar surface area (TPSA) is 40.5 Å². The van der Waals surface area contributed by atoms with Gasteiger partial charge >= 0.3 is 0 Å². The van der Waals surface area contributed by atoms with Crippen molar-refractivity contribution in [2.45, 2.75) is 0 Å². The van der Waals surface area contributed by atoms with Crippen molar-refractivity contribution in [1.82, 2.24) is 0 Å². The molecule has 0 bridgehead atoms. The van der Waals surface area contributed by atoms with Crippen molar-refractivity contribution < 1.29 is 10.2 Å². The van der Waals surface area contributed by atoms with Gasteiger partial charge in [-0.05, 0) is 46.4 Å². The van der Waals surface area contributed by atoms with E-state index in [0.29, 0.717) is 0 Å². The monoisotopic (exact) mass is 312 g/mol. The Morgan fingerprint density at radius 2 is 1.60 bits per heavy atom. The highest BCUT2D eigenvalue weighted by Gasteiger charge is 2.05. The van der Waals surface area contributed by atoms with Gasteiger partial charge in [0.2, 0.25) is 0 Å². The van der Waals surface area contributed by atoms with E-state index in [9.17, 15) is 10.2 Å². The Morgan fingerprint density at radius 3 is 2.27 bits per heavy atom. The number of benzene rings is 2. The van der Waals surface area contributed by atoms with Crippen LogP contribution in [-0.4, -0.2) is 10.2 Å². The summed E-state index contributed by atoms with van der Waals surface area (Å²) in [6.07, 6.45) is 0. The summed E-state index contributed by atoms with van der Waals surface area (Å²) in [6, 6.07) is 12.4. The number of rotatable bonds is 1. The van der Waals surface area contributed by atoms with Gasteiger partial charge in [0.05, 0.1) is 3.57 Å². The SMILES string of the molecule is Oc1ccc(-c2ccccc2O)cc1I. The van der Waals surface area contributed by atoms with Crippen molar-refractivity contribution in [2.24, 2.45) is 0 Å². The summed E-state index contributed by atoms with van der Waals surface area (Å²) in [7, 11) is 0. The van der Waals surface area contributed by atoms with Gasteiger partial charge in [0.1, 0.15) is 11.5 Å². The average Bonchev–Trinajstić information content (AvgIpc) is 2.23. The van der Waals surface area contributed by atoms with E-state index < -0.39 is 0 Å². The highest BCUT2D eigenvalue weighted by atomic mass is 127. The van der Waals surface area contributed by atoms with Crippen LogP contribution in [-0.2, 0) is 0 Å². The van der Waals surface area contributed by atoms with E-state index in [2.05, 4.69) is 22.6 Å². The summed E-state index contributed by atoms with van der Waals surface area (Å²) in [5, 5.41) is 19.0. The van der Waals surface area contributed by atoms with Crippen LogP contribution >= 0.6 is 22.6 Å². The van der Waals surface area contributed by atoms with Crippen molar-refractivity contribution in [3.05, 3.63) is 46.0 Å². The summed E-state index contributed by atoms with van der Waals surface area (Å²) in [6.45, 7) is 0. The van der Waals surface area contributed by atoms with Crippen LogP contribution in [0.3, 0.4) is 0 Å². The Bertz CT molecular complexity index is 495. The second-order valence-corrected chi connectivity index (χ2v) is 4.35. The largest absolute Gasteiger partial charge is 0.507 e. The van der Waals surface area contributed by atoms with Crippen LogP contribution in [0.1, 0.15) is 0 Å². The highest BCUT2D eigenvalue weighted by Crippen LogP contribution is 2.31. The maximum Gasteiger partial charge on any atom is 0.128 e. The van der Waals surface area contributed by atoms with Gasteiger partial charge in [0, 0.05) is 5.56 Å². The molecule has 0 aliphatic carbocycles. The Balaban J connectivity index is 2.55. The number of phenols is 2. The van der Waals surface area contributed by atoms with Crippen molar-refractivity contribution >= 4 is 22.6 Å². The third-order valence-corrected chi connectivity index (χ3v) is 3.03. The zero-order valence-electron chi connectivity index (χ0n) is 7.81. The summed E-state index contributed by atoms with van der Waals surface area (Å²) in [5.41, 5.74) is 1.67. The molecule has 0 saturated heterocycles. The lowest BCUT2D eigenvalue weighted by atomic mass is 10.0. The summed E-state index contributed by atoms with van der Waals surface area (Å²) in [5.74, 6) is 0.508. The van der Waals surface area contributed by atoms with Gasteiger partial charge in [-0.3, -0.25) is 0 Å². The number of aromatic hydroxyl groups is 2. The molecule has 2 rings (SSSR count). The molecule has 15 heavy (non-hydrogen) atoms. The summed E-state index contributed by atoms with van der Waals surface area (Å²) < 4.78 is 0.772. The van der Waals surface area contributed by atoms with E-state index >= 15 is 0 Å². The first-order valence-corrected chi connectivity index (χ1v) is 5.53. The lowest BCUT2D eigenvalue weighted by Gasteiger charge is -2.05. The van der Waals surface area contributed by atoms with E-state index in [4.69, 9.17) is 0 Å². The Labute approximate surface area is 101 Å². The summed E-state index contributed by atoms with van der Waals surface area (Å²) >= 11 is 2.06. The molecule has 0 amide bonds. The van der Waals surface area contributed by atoms with E-state index in [1.807, 2.05) is 18.2 Å². The minimum atomic E-state index is 0.249. The van der Waals surface area contributed by atoms with Crippen LogP contribution in [0.25, 0.3) is 11.1 Å². The molecule has 0 spiro atoms. The molecule has 0 atom stereocenters. The fourth-order valence-electron chi connectivity index (χ4n) is 1.39. The molecule has 0 heterocycles. The number of hydrogen-bond donors (Lipinski definition) is 2. The van der Waals surface area contributed by atoms with Gasteiger partial charge in [-0.15, -0.1) is 0 Å². The normalized spacial score (nSPS) is 10.2. The van der Waals surface area contributed by atoms with Crippen molar-refractivity contribution in [2.75, 3.05) is 0 Å². The lowest BCUT2D eigenvalue weighted by Crippen LogP contribution is -1.80. The molecule has 0 fully saturated rings. The Kier molecular flexibility index (Phi) is 2.81. The maximum atomic E-state index is 9.66. The summed E-state index contributed by atoms with van der Waals surface area (Å²) in [4.78, 5) is 0. The molecule has 2 N–H and O–H groups in total. The minimum absolute atomic E-state index is 0.249. The molecule has 0 radical (unpaired) electrons. The van der Waals surface area contributed by atoms with Gasteiger partial charge < -0.3 is 10.2 Å². The molecule has 0 unspecified atom stereocenters. The van der Waals surface area contributed by atoms with Crippen molar-refractivity contribution in [1.29, 1.82) is 0 Å². The number of para-hydroxylation sites is 1. The van der Waals surface area contributed by atoms with Crippen molar-refractivity contribution in [3.8, 4) is 22.6 Å². The minimum Gasteiger partial charge on any atom is -0.507 e. The van der Waals surface area contributed by atoms with E-state index in [1.54, 1.807) is 24.3 Å². The Hall–Kier alpha value is -1.23. The first-order valence-electron chi connectivity index (χ1n) is 4.45. The first kappa shape index (κ1) is 10.3. The highest BCUT2D eigenvalue weighted by molar-refractivity contribution is 14.1. The zero-order valence-corrected chi connectivity index (χ0v) is 9.97. The van der Waals surface area contributed by atoms with Gasteiger partial charge in [0.15, 0.2) is 0 Å². The van der Waals surface area contributed by atoms with Gasteiger partial charge in [-0.25, -0.2) is 0 Å². The van der Waals surface area contributed by atoms with Gasteiger partial charge in [-0.2, -0.15) is 0 Å². The fourth-order valence-corrected chi connectivity index (χ4v) is 1.91. The van der Waals surface area contributed by atoms with Gasteiger partial charge in [0.25, 0.3) is 0 Å². The van der Waals surface area contributed by atoms with Crippen LogP contribution in [0.4, 0.5) is 0 Å². The molecular formula is C12H9IO2. The van der Waals surface area contributed by atoms with Crippen LogP contribution < -0.4 is 0 Å². The first-order chi connectivity index (χ1) is 7.18. The fraction of sp³-hybridized carbons (Fsp3) is 0. The smallest absolute Gasteiger partial charge is 0.128 e. The zero-order chi connectivity index (χ0) is 10.8. The van der Waals surface area contributed by atoms with Crippen molar-refractivity contribution in [3.63, 3.8) is 0 Å². The molecule has 3 heteroatoms. The van der Waals surface area contributed by atoms with Crippen LogP contribution in [0, 0.1) is 3.57 Å². The van der Waals surface area contributed by atoms with Crippen LogP contribution in [0.2, 0.25) is 0 Å². The number of halogens is 1. The quantitative estimate of drug-likeness (QED) is 0.793. The van der Waals surface area contributed by atoms with Crippen LogP contribution in [0.15, 0.2) is 42.5 Å². The predicted octanol–water partition coefficient (Wildman–Crippen LogP) is 3.37. The molecule has 76 valence electrons. The molecule has 0 aliphatic heterocycles. The molecule has 0 saturated carbocycles. The van der Waals surface area contributed by atoms with E-state index in [-0.39, 0.29) is 11.5 Å². The second kappa shape index (κ2) is 4.10. The Morgan fingerprint density at radius 1 is 0.867 bits per heavy atom. The number of phenolic OH excluding ortho intramolecular Hbond substituents is 2. The third-order valence-electron chi connectivity index (χ3n) is 2.16. The van der Waals surface area contributed by atoms with Gasteiger partial charge in [-0.1, -0.05) is 24.3 Å². The average molecular weight is 312 g/mol. The predicted molar refractivity (Wildman–Crippen MR) is 67.9 cm³/mol. The molecule has 0 aliphatic rings.